The lowest BCUT2D eigenvalue weighted by Crippen LogP contribution is -2.31. The molecule has 1 aromatic rings. The maximum Gasteiger partial charge on any atom is 0.233 e. The Morgan fingerprint density at radius 3 is 2.37 bits per heavy atom. The molecule has 0 aliphatic heterocycles. The van der Waals surface area contributed by atoms with Crippen LogP contribution in [0.2, 0.25) is 0 Å². The van der Waals surface area contributed by atoms with E-state index in [2.05, 4.69) is 15.9 Å². The van der Waals surface area contributed by atoms with Crippen molar-refractivity contribution in [3.63, 3.8) is 0 Å². The Kier molecular flexibility index (Phi) is 5.71. The number of para-hydroxylation sites is 1. The van der Waals surface area contributed by atoms with Gasteiger partial charge >= 0.3 is 0 Å². The van der Waals surface area contributed by atoms with Crippen molar-refractivity contribution in [1.82, 2.24) is 0 Å². The maximum absolute atomic E-state index is 11.3. The van der Waals surface area contributed by atoms with Crippen molar-refractivity contribution in [3.8, 4) is 5.75 Å². The van der Waals surface area contributed by atoms with E-state index in [1.807, 2.05) is 45.0 Å². The van der Waals surface area contributed by atoms with E-state index >= 15 is 0 Å². The molecular weight excluding hydrogens is 352 g/mol. The number of rotatable bonds is 5. The third-order valence-electron chi connectivity index (χ3n) is 2.90. The second kappa shape index (κ2) is 6.46. The molecule has 0 fully saturated rings. The lowest BCUT2D eigenvalue weighted by molar-refractivity contribution is 0.163. The van der Waals surface area contributed by atoms with Crippen LogP contribution in [0, 0.1) is 11.3 Å². The number of halogens is 2. The second-order valence-corrected chi connectivity index (χ2v) is 9.19. The zero-order chi connectivity index (χ0) is 14.7. The normalized spacial score (nSPS) is 14.2. The van der Waals surface area contributed by atoms with Crippen LogP contribution < -0.4 is 4.74 Å². The highest BCUT2D eigenvalue weighted by Gasteiger charge is 2.29. The first-order valence-electron chi connectivity index (χ1n) is 5.89. The zero-order valence-electron chi connectivity index (χ0n) is 11.2. The van der Waals surface area contributed by atoms with Crippen molar-refractivity contribution in [1.29, 1.82) is 0 Å². The third kappa shape index (κ3) is 6.15. The first-order chi connectivity index (χ1) is 8.59. The van der Waals surface area contributed by atoms with E-state index < -0.39 is 9.05 Å². The summed E-state index contributed by atoms with van der Waals surface area (Å²) in [5, 5.41) is 0. The summed E-state index contributed by atoms with van der Waals surface area (Å²) in [5.41, 5.74) is -0.205. The summed E-state index contributed by atoms with van der Waals surface area (Å²) in [5.74, 6) is 0.425. The Hall–Kier alpha value is -0.260. The Morgan fingerprint density at radius 2 is 1.89 bits per heavy atom. The van der Waals surface area contributed by atoms with Gasteiger partial charge in [-0.1, -0.05) is 32.9 Å². The first-order valence-corrected chi connectivity index (χ1v) is 9.16. The molecule has 19 heavy (non-hydrogen) atoms. The largest absolute Gasteiger partial charge is 0.492 e. The fourth-order valence-corrected chi connectivity index (χ4v) is 3.47. The van der Waals surface area contributed by atoms with Crippen molar-refractivity contribution < 1.29 is 13.2 Å². The van der Waals surface area contributed by atoms with Gasteiger partial charge in [-0.2, -0.15) is 0 Å². The predicted octanol–water partition coefficient (Wildman–Crippen LogP) is 4.06. The summed E-state index contributed by atoms with van der Waals surface area (Å²) >= 11 is 3.39. The lowest BCUT2D eigenvalue weighted by atomic mass is 9.82. The Balaban J connectivity index is 2.77. The molecule has 0 aliphatic rings. The zero-order valence-corrected chi connectivity index (χ0v) is 14.3. The molecule has 3 nitrogen and oxygen atoms in total. The minimum atomic E-state index is -3.54. The van der Waals surface area contributed by atoms with Crippen LogP contribution in [0.5, 0.6) is 5.75 Å². The molecule has 0 aromatic heterocycles. The van der Waals surface area contributed by atoms with E-state index in [1.54, 1.807) is 0 Å². The molecule has 1 rings (SSSR count). The van der Waals surface area contributed by atoms with Gasteiger partial charge in [0.05, 0.1) is 16.8 Å². The summed E-state index contributed by atoms with van der Waals surface area (Å²) < 4.78 is 29.1. The van der Waals surface area contributed by atoms with E-state index in [0.717, 1.165) is 4.47 Å². The lowest BCUT2D eigenvalue weighted by Gasteiger charge is -2.29. The molecule has 0 aliphatic carbocycles. The van der Waals surface area contributed by atoms with Gasteiger partial charge in [-0.3, -0.25) is 0 Å². The highest BCUT2D eigenvalue weighted by atomic mass is 79.9. The number of hydrogen-bond donors (Lipinski definition) is 0. The maximum atomic E-state index is 11.3. The number of benzene rings is 1. The van der Waals surface area contributed by atoms with Crippen LogP contribution in [0.3, 0.4) is 0 Å². The van der Waals surface area contributed by atoms with Gasteiger partial charge in [-0.15, -0.1) is 0 Å². The molecule has 1 unspecified atom stereocenters. The van der Waals surface area contributed by atoms with Crippen LogP contribution in [0.4, 0.5) is 0 Å². The molecule has 108 valence electrons. The Bertz CT molecular complexity index is 523. The monoisotopic (exact) mass is 368 g/mol. The predicted molar refractivity (Wildman–Crippen MR) is 82.2 cm³/mol. The quantitative estimate of drug-likeness (QED) is 0.735. The third-order valence-corrected chi connectivity index (χ3v) is 4.74. The molecule has 0 bridgehead atoms. The fraction of sp³-hybridized carbons (Fsp3) is 0.538. The molecule has 1 atom stereocenters. The Labute approximate surface area is 127 Å². The van der Waals surface area contributed by atoms with Gasteiger partial charge in [-0.05, 0) is 33.5 Å². The SMILES string of the molecule is CC(C)(C)C(COc1ccccc1Br)CS(=O)(=O)Cl. The average molecular weight is 370 g/mol. The van der Waals surface area contributed by atoms with E-state index in [4.69, 9.17) is 15.4 Å². The van der Waals surface area contributed by atoms with Crippen LogP contribution in [0.15, 0.2) is 28.7 Å². The molecule has 6 heteroatoms. The molecule has 0 amide bonds. The second-order valence-electron chi connectivity index (χ2n) is 5.51. The summed E-state index contributed by atoms with van der Waals surface area (Å²) in [6.45, 7) is 6.23. The van der Waals surface area contributed by atoms with Crippen molar-refractivity contribution in [2.45, 2.75) is 20.8 Å². The smallest absolute Gasteiger partial charge is 0.233 e. The van der Waals surface area contributed by atoms with Crippen LogP contribution in [-0.4, -0.2) is 20.8 Å². The molecular formula is C13H18BrClO3S. The van der Waals surface area contributed by atoms with E-state index in [1.165, 1.54) is 0 Å². The standard InChI is InChI=1S/C13H18BrClO3S/c1-13(2,3)10(9-19(15,16)17)8-18-12-7-5-4-6-11(12)14/h4-7,10H,8-9H2,1-3H3. The van der Waals surface area contributed by atoms with Gasteiger partial charge in [-0.25, -0.2) is 8.42 Å². The number of ether oxygens (including phenoxy) is 1. The molecule has 0 radical (unpaired) electrons. The van der Waals surface area contributed by atoms with Gasteiger partial charge in [0.25, 0.3) is 0 Å². The minimum absolute atomic E-state index is 0.0947. The van der Waals surface area contributed by atoms with Gasteiger partial charge < -0.3 is 4.74 Å². The molecule has 0 spiro atoms. The Morgan fingerprint density at radius 1 is 1.32 bits per heavy atom. The van der Waals surface area contributed by atoms with Crippen molar-refractivity contribution in [2.24, 2.45) is 11.3 Å². The summed E-state index contributed by atoms with van der Waals surface area (Å²) in [6, 6.07) is 7.46. The van der Waals surface area contributed by atoms with Crippen LogP contribution >= 0.6 is 26.6 Å². The van der Waals surface area contributed by atoms with Gasteiger partial charge in [0.2, 0.25) is 9.05 Å². The highest BCUT2D eigenvalue weighted by Crippen LogP contribution is 2.30. The van der Waals surface area contributed by atoms with Crippen molar-refractivity contribution in [3.05, 3.63) is 28.7 Å². The fourth-order valence-electron chi connectivity index (χ4n) is 1.54. The molecule has 0 heterocycles. The summed E-state index contributed by atoms with van der Waals surface area (Å²) in [6.07, 6.45) is 0. The molecule has 0 saturated carbocycles. The molecule has 0 N–H and O–H groups in total. The minimum Gasteiger partial charge on any atom is -0.492 e. The van der Waals surface area contributed by atoms with Crippen LogP contribution in [0.25, 0.3) is 0 Å². The van der Waals surface area contributed by atoms with Crippen molar-refractivity contribution in [2.75, 3.05) is 12.4 Å². The van der Waals surface area contributed by atoms with Crippen molar-refractivity contribution >= 4 is 35.7 Å². The summed E-state index contributed by atoms with van der Waals surface area (Å²) in [4.78, 5) is 0. The van der Waals surface area contributed by atoms with E-state index in [-0.39, 0.29) is 17.1 Å². The highest BCUT2D eigenvalue weighted by molar-refractivity contribution is 9.10. The average Bonchev–Trinajstić information content (AvgIpc) is 2.23. The topological polar surface area (TPSA) is 43.4 Å². The molecule has 0 saturated heterocycles. The number of hydrogen-bond acceptors (Lipinski definition) is 3. The van der Waals surface area contributed by atoms with Crippen LogP contribution in [-0.2, 0) is 9.05 Å². The van der Waals surface area contributed by atoms with Gasteiger partial charge in [0.1, 0.15) is 5.75 Å². The van der Waals surface area contributed by atoms with Gasteiger partial charge in [0.15, 0.2) is 0 Å². The van der Waals surface area contributed by atoms with E-state index in [0.29, 0.717) is 12.4 Å². The van der Waals surface area contributed by atoms with E-state index in [9.17, 15) is 8.42 Å². The summed E-state index contributed by atoms with van der Waals surface area (Å²) in [7, 11) is 1.81. The molecule has 1 aromatic carbocycles. The first kappa shape index (κ1) is 16.8. The van der Waals surface area contributed by atoms with Gasteiger partial charge in [0, 0.05) is 16.6 Å². The van der Waals surface area contributed by atoms with Crippen LogP contribution in [0.1, 0.15) is 20.8 Å².